The van der Waals surface area contributed by atoms with Gasteiger partial charge in [-0.05, 0) is 17.5 Å². The molecule has 0 N–H and O–H groups in total. The van der Waals surface area contributed by atoms with Gasteiger partial charge in [-0.3, -0.25) is 0 Å². The molecular formula is C7H9Br. The van der Waals surface area contributed by atoms with Crippen LogP contribution in [0.5, 0.6) is 0 Å². The number of rotatable bonds is 2. The van der Waals surface area contributed by atoms with E-state index in [-0.39, 0.29) is 0 Å². The summed E-state index contributed by atoms with van der Waals surface area (Å²) in [5.74, 6) is 0. The normalized spacial score (nSPS) is 12.5. The van der Waals surface area contributed by atoms with E-state index in [1.807, 2.05) is 24.1 Å². The second-order valence-electron chi connectivity index (χ2n) is 1.45. The van der Waals surface area contributed by atoms with Crippen LogP contribution in [-0.2, 0) is 0 Å². The number of halogens is 1. The third-order valence-corrected chi connectivity index (χ3v) is 1.39. The molecule has 1 heteroatoms. The van der Waals surface area contributed by atoms with Gasteiger partial charge in [-0.1, -0.05) is 40.7 Å². The van der Waals surface area contributed by atoms with Gasteiger partial charge in [-0.15, -0.1) is 0 Å². The van der Waals surface area contributed by atoms with Crippen molar-refractivity contribution in [2.75, 3.05) is 0 Å². The molecule has 0 atom stereocenters. The highest BCUT2D eigenvalue weighted by atomic mass is 79.9. The third-order valence-electron chi connectivity index (χ3n) is 0.667. The van der Waals surface area contributed by atoms with Gasteiger partial charge in [0.25, 0.3) is 0 Å². The highest BCUT2D eigenvalue weighted by molar-refractivity contribution is 9.11. The first kappa shape index (κ1) is 7.70. The maximum Gasteiger partial charge on any atom is -0.0160 e. The fourth-order valence-electron chi connectivity index (χ4n) is 0.256. The predicted octanol–water partition coefficient (Wildman–Crippen LogP) is 3.03. The molecule has 0 aromatic carbocycles. The standard InChI is InChI=1S/C7H9Br/c1-3-4-5-7(2)6-8/h3-6H,1H2,2H3/b5-4-,7-6-. The minimum absolute atomic E-state index is 1.19. The van der Waals surface area contributed by atoms with Crippen molar-refractivity contribution in [3.63, 3.8) is 0 Å². The molecule has 0 unspecified atom stereocenters. The maximum atomic E-state index is 3.54. The lowest BCUT2D eigenvalue weighted by Gasteiger charge is -1.81. The van der Waals surface area contributed by atoms with Crippen molar-refractivity contribution in [2.24, 2.45) is 0 Å². The molecule has 0 nitrogen and oxygen atoms in total. The second-order valence-corrected chi connectivity index (χ2v) is 1.91. The first-order valence-electron chi connectivity index (χ1n) is 2.37. The molecule has 44 valence electrons. The van der Waals surface area contributed by atoms with Crippen LogP contribution in [0.25, 0.3) is 0 Å². The van der Waals surface area contributed by atoms with E-state index in [4.69, 9.17) is 0 Å². The molecule has 0 saturated heterocycles. The maximum absolute atomic E-state index is 3.54. The molecule has 8 heavy (non-hydrogen) atoms. The Morgan fingerprint density at radius 1 is 1.62 bits per heavy atom. The van der Waals surface area contributed by atoms with Crippen LogP contribution in [0, 0.1) is 0 Å². The largest absolute Gasteiger partial charge is 0.0991 e. The first-order valence-corrected chi connectivity index (χ1v) is 3.29. The van der Waals surface area contributed by atoms with Crippen LogP contribution in [0.15, 0.2) is 35.4 Å². The molecule has 0 heterocycles. The molecule has 0 amide bonds. The van der Waals surface area contributed by atoms with E-state index < -0.39 is 0 Å². The van der Waals surface area contributed by atoms with E-state index in [0.717, 1.165) is 0 Å². The molecule has 0 spiro atoms. The van der Waals surface area contributed by atoms with Gasteiger partial charge < -0.3 is 0 Å². The minimum Gasteiger partial charge on any atom is -0.0991 e. The Bertz CT molecular complexity index is 120. The molecule has 0 aliphatic rings. The van der Waals surface area contributed by atoms with Crippen LogP contribution in [0.1, 0.15) is 6.92 Å². The van der Waals surface area contributed by atoms with Crippen LogP contribution < -0.4 is 0 Å². The molecule has 0 fully saturated rings. The van der Waals surface area contributed by atoms with Crippen molar-refractivity contribution in [1.82, 2.24) is 0 Å². The Balaban J connectivity index is 3.69. The molecule has 0 bridgehead atoms. The summed E-state index contributed by atoms with van der Waals surface area (Å²) < 4.78 is 0. The van der Waals surface area contributed by atoms with Gasteiger partial charge in [0.15, 0.2) is 0 Å². The van der Waals surface area contributed by atoms with Crippen LogP contribution in [0.2, 0.25) is 0 Å². The van der Waals surface area contributed by atoms with E-state index >= 15 is 0 Å². The van der Waals surface area contributed by atoms with E-state index in [2.05, 4.69) is 22.5 Å². The molecule has 0 aliphatic heterocycles. The Morgan fingerprint density at radius 2 is 2.25 bits per heavy atom. The smallest absolute Gasteiger partial charge is 0.0160 e. The van der Waals surface area contributed by atoms with Crippen LogP contribution >= 0.6 is 15.9 Å². The molecule has 0 aromatic rings. The van der Waals surface area contributed by atoms with Gasteiger partial charge in [0.1, 0.15) is 0 Å². The van der Waals surface area contributed by atoms with Gasteiger partial charge in [0.05, 0.1) is 0 Å². The summed E-state index contributed by atoms with van der Waals surface area (Å²) in [6.45, 7) is 5.55. The second kappa shape index (κ2) is 4.85. The van der Waals surface area contributed by atoms with E-state index in [1.165, 1.54) is 5.57 Å². The summed E-state index contributed by atoms with van der Waals surface area (Å²) >= 11 is 3.20. The fourth-order valence-corrected chi connectivity index (χ4v) is 0.409. The highest BCUT2D eigenvalue weighted by Crippen LogP contribution is 1.97. The van der Waals surface area contributed by atoms with Crippen LogP contribution in [0.4, 0.5) is 0 Å². The number of hydrogen-bond acceptors (Lipinski definition) is 0. The predicted molar refractivity (Wildman–Crippen MR) is 42.0 cm³/mol. The zero-order chi connectivity index (χ0) is 6.41. The fraction of sp³-hybridized carbons (Fsp3) is 0.143. The zero-order valence-electron chi connectivity index (χ0n) is 4.89. The van der Waals surface area contributed by atoms with Gasteiger partial charge in [-0.2, -0.15) is 0 Å². The number of hydrogen-bond donors (Lipinski definition) is 0. The van der Waals surface area contributed by atoms with E-state index in [1.54, 1.807) is 6.08 Å². The van der Waals surface area contributed by atoms with Crippen molar-refractivity contribution in [1.29, 1.82) is 0 Å². The summed E-state index contributed by atoms with van der Waals surface area (Å²) in [5.41, 5.74) is 1.19. The van der Waals surface area contributed by atoms with Crippen molar-refractivity contribution < 1.29 is 0 Å². The van der Waals surface area contributed by atoms with Crippen molar-refractivity contribution >= 4 is 15.9 Å². The van der Waals surface area contributed by atoms with Crippen molar-refractivity contribution in [2.45, 2.75) is 6.92 Å². The van der Waals surface area contributed by atoms with Crippen LogP contribution in [0.3, 0.4) is 0 Å². The SMILES string of the molecule is C=C/C=C\C(C)=C/Br. The Labute approximate surface area is 58.7 Å². The summed E-state index contributed by atoms with van der Waals surface area (Å²) in [6, 6.07) is 0. The first-order chi connectivity index (χ1) is 3.81. The van der Waals surface area contributed by atoms with Gasteiger partial charge >= 0.3 is 0 Å². The van der Waals surface area contributed by atoms with E-state index in [0.29, 0.717) is 0 Å². The summed E-state index contributed by atoms with van der Waals surface area (Å²) in [7, 11) is 0. The van der Waals surface area contributed by atoms with E-state index in [9.17, 15) is 0 Å². The molecule has 0 aromatic heterocycles. The molecule has 0 aliphatic carbocycles. The zero-order valence-corrected chi connectivity index (χ0v) is 6.48. The molecule has 0 rings (SSSR count). The Kier molecular flexibility index (Phi) is 4.67. The topological polar surface area (TPSA) is 0 Å². The minimum atomic E-state index is 1.19. The summed E-state index contributed by atoms with van der Waals surface area (Å²) in [5, 5.41) is 0. The van der Waals surface area contributed by atoms with Gasteiger partial charge in [0, 0.05) is 0 Å². The Morgan fingerprint density at radius 3 is 2.62 bits per heavy atom. The monoisotopic (exact) mass is 172 g/mol. The third kappa shape index (κ3) is 3.88. The van der Waals surface area contributed by atoms with Gasteiger partial charge in [-0.25, -0.2) is 0 Å². The quantitative estimate of drug-likeness (QED) is 0.563. The lowest BCUT2D eigenvalue weighted by Crippen LogP contribution is -1.59. The molecule has 0 saturated carbocycles. The highest BCUT2D eigenvalue weighted by Gasteiger charge is 1.72. The van der Waals surface area contributed by atoms with Gasteiger partial charge in [0.2, 0.25) is 0 Å². The summed E-state index contributed by atoms with van der Waals surface area (Å²) in [6.07, 6.45) is 5.62. The molecule has 0 radical (unpaired) electrons. The molecular weight excluding hydrogens is 164 g/mol. The lowest BCUT2D eigenvalue weighted by molar-refractivity contribution is 1.56. The summed E-state index contributed by atoms with van der Waals surface area (Å²) in [4.78, 5) is 1.87. The van der Waals surface area contributed by atoms with Crippen molar-refractivity contribution in [3.05, 3.63) is 35.4 Å². The lowest BCUT2D eigenvalue weighted by atomic mass is 10.3. The average Bonchev–Trinajstić information content (AvgIpc) is 1.83. The average molecular weight is 173 g/mol. The Hall–Kier alpha value is -0.300. The van der Waals surface area contributed by atoms with Crippen molar-refractivity contribution in [3.8, 4) is 0 Å². The van der Waals surface area contributed by atoms with Crippen LogP contribution in [-0.4, -0.2) is 0 Å². The number of allylic oxidation sites excluding steroid dienone is 4.